The molecule has 0 fully saturated rings. The summed E-state index contributed by atoms with van der Waals surface area (Å²) in [6, 6.07) is 11.7. The predicted octanol–water partition coefficient (Wildman–Crippen LogP) is 2.38. The van der Waals surface area contributed by atoms with Crippen LogP contribution in [-0.4, -0.2) is 55.3 Å². The van der Waals surface area contributed by atoms with E-state index in [0.29, 0.717) is 22.5 Å². The minimum absolute atomic E-state index is 0.0415. The molecule has 0 saturated heterocycles. The van der Waals surface area contributed by atoms with E-state index >= 15 is 0 Å². The number of fused-ring (bicyclic) bond motifs is 1. The van der Waals surface area contributed by atoms with Crippen LogP contribution in [0.25, 0.3) is 17.1 Å². The van der Waals surface area contributed by atoms with Crippen LogP contribution in [0, 0.1) is 6.92 Å². The van der Waals surface area contributed by atoms with E-state index in [4.69, 9.17) is 4.74 Å². The summed E-state index contributed by atoms with van der Waals surface area (Å²) in [5, 5.41) is 2.57. The molecule has 0 aliphatic rings. The van der Waals surface area contributed by atoms with E-state index in [1.165, 1.54) is 38.5 Å². The average molecular weight is 455 g/mol. The highest BCUT2D eigenvalue weighted by molar-refractivity contribution is 7.89. The largest absolute Gasteiger partial charge is 0.452 e. The molecule has 1 N–H and O–H groups in total. The third-order valence-electron chi connectivity index (χ3n) is 4.46. The molecular formula is C22H22N4O5S. The molecule has 10 heteroatoms. The molecule has 1 heterocycles. The van der Waals surface area contributed by atoms with Gasteiger partial charge in [-0.25, -0.2) is 22.5 Å². The molecule has 0 spiro atoms. The predicted molar refractivity (Wildman–Crippen MR) is 120 cm³/mol. The maximum absolute atomic E-state index is 12.3. The quantitative estimate of drug-likeness (QED) is 0.430. The maximum atomic E-state index is 12.3. The van der Waals surface area contributed by atoms with Gasteiger partial charge >= 0.3 is 5.97 Å². The van der Waals surface area contributed by atoms with E-state index in [1.54, 1.807) is 13.0 Å². The molecule has 0 aliphatic heterocycles. The standard InChI is InChI=1S/C22H22N4O5S/c1-15-8-10-17(32(29,30)26(2)3)12-20(15)25-21(27)14-31-22(28)11-9-16-13-23-18-6-4-5-7-19(18)24-16/h4-13H,14H2,1-3H3,(H,25,27)/b11-9+. The number of hydrogen-bond acceptors (Lipinski definition) is 7. The molecule has 0 unspecified atom stereocenters. The van der Waals surface area contributed by atoms with Gasteiger partial charge in [-0.2, -0.15) is 0 Å². The Hall–Kier alpha value is -3.63. The number of aryl methyl sites for hydroxylation is 1. The molecule has 166 valence electrons. The van der Waals surface area contributed by atoms with Crippen molar-refractivity contribution >= 4 is 44.7 Å². The normalized spacial score (nSPS) is 11.8. The van der Waals surface area contributed by atoms with Gasteiger partial charge in [0.25, 0.3) is 5.91 Å². The van der Waals surface area contributed by atoms with E-state index < -0.39 is 28.5 Å². The van der Waals surface area contributed by atoms with Crippen molar-refractivity contribution in [2.75, 3.05) is 26.0 Å². The van der Waals surface area contributed by atoms with Crippen molar-refractivity contribution in [3.8, 4) is 0 Å². The van der Waals surface area contributed by atoms with Gasteiger partial charge in [0.15, 0.2) is 6.61 Å². The molecule has 1 aromatic heterocycles. The molecule has 3 rings (SSSR count). The fourth-order valence-corrected chi connectivity index (χ4v) is 3.61. The minimum Gasteiger partial charge on any atom is -0.452 e. The van der Waals surface area contributed by atoms with Crippen molar-refractivity contribution in [1.29, 1.82) is 0 Å². The van der Waals surface area contributed by atoms with E-state index in [2.05, 4.69) is 15.3 Å². The van der Waals surface area contributed by atoms with Crippen LogP contribution in [0.15, 0.2) is 59.6 Å². The molecule has 0 aliphatic carbocycles. The third-order valence-corrected chi connectivity index (χ3v) is 6.28. The fraction of sp³-hybridized carbons (Fsp3) is 0.182. The van der Waals surface area contributed by atoms with E-state index in [1.807, 2.05) is 24.3 Å². The van der Waals surface area contributed by atoms with Crippen LogP contribution in [0.1, 0.15) is 11.3 Å². The first-order valence-electron chi connectivity index (χ1n) is 9.56. The van der Waals surface area contributed by atoms with Crippen molar-refractivity contribution in [3.05, 3.63) is 66.0 Å². The monoisotopic (exact) mass is 454 g/mol. The van der Waals surface area contributed by atoms with Gasteiger partial charge < -0.3 is 10.1 Å². The Kier molecular flexibility index (Phi) is 6.96. The number of aromatic nitrogens is 2. The maximum Gasteiger partial charge on any atom is 0.331 e. The number of anilines is 1. The van der Waals surface area contributed by atoms with E-state index in [9.17, 15) is 18.0 Å². The lowest BCUT2D eigenvalue weighted by atomic mass is 10.2. The fourth-order valence-electron chi connectivity index (χ4n) is 2.68. The molecule has 3 aromatic rings. The highest BCUT2D eigenvalue weighted by Gasteiger charge is 2.19. The first kappa shape index (κ1) is 23.0. The number of para-hydroxylation sites is 2. The number of carbonyl (C=O) groups is 2. The molecular weight excluding hydrogens is 432 g/mol. The summed E-state index contributed by atoms with van der Waals surface area (Å²) in [6.45, 7) is 1.19. The first-order chi connectivity index (χ1) is 15.2. The Morgan fingerprint density at radius 3 is 2.56 bits per heavy atom. The van der Waals surface area contributed by atoms with Crippen LogP contribution < -0.4 is 5.32 Å². The lowest BCUT2D eigenvalue weighted by molar-refractivity contribution is -0.142. The number of esters is 1. The Balaban J connectivity index is 1.59. The van der Waals surface area contributed by atoms with Crippen molar-refractivity contribution in [3.63, 3.8) is 0 Å². The second-order valence-corrected chi connectivity index (χ2v) is 9.19. The zero-order valence-electron chi connectivity index (χ0n) is 17.8. The number of nitrogens with one attached hydrogen (secondary N) is 1. The van der Waals surface area contributed by atoms with Gasteiger partial charge in [-0.15, -0.1) is 0 Å². The zero-order chi connectivity index (χ0) is 23.3. The van der Waals surface area contributed by atoms with Crippen molar-refractivity contribution in [1.82, 2.24) is 14.3 Å². The summed E-state index contributed by atoms with van der Waals surface area (Å²) in [4.78, 5) is 32.8. The lowest BCUT2D eigenvalue weighted by Crippen LogP contribution is -2.23. The van der Waals surface area contributed by atoms with E-state index in [0.717, 1.165) is 15.9 Å². The second kappa shape index (κ2) is 9.67. The molecule has 0 atom stereocenters. The second-order valence-electron chi connectivity index (χ2n) is 7.04. The van der Waals surface area contributed by atoms with Gasteiger partial charge in [-0.1, -0.05) is 18.2 Å². The number of carbonyl (C=O) groups excluding carboxylic acids is 2. The number of rotatable bonds is 7. The van der Waals surface area contributed by atoms with Gasteiger partial charge in [0.2, 0.25) is 10.0 Å². The Labute approximate surface area is 185 Å². The SMILES string of the molecule is Cc1ccc(S(=O)(=O)N(C)C)cc1NC(=O)COC(=O)/C=C/c1cnc2ccccc2n1. The van der Waals surface area contributed by atoms with Gasteiger partial charge in [0, 0.05) is 25.9 Å². The lowest BCUT2D eigenvalue weighted by Gasteiger charge is -2.14. The highest BCUT2D eigenvalue weighted by atomic mass is 32.2. The third kappa shape index (κ3) is 5.54. The van der Waals surface area contributed by atoms with Crippen LogP contribution >= 0.6 is 0 Å². The van der Waals surface area contributed by atoms with Crippen LogP contribution in [0.4, 0.5) is 5.69 Å². The van der Waals surface area contributed by atoms with Crippen LogP contribution in [0.5, 0.6) is 0 Å². The minimum atomic E-state index is -3.65. The highest BCUT2D eigenvalue weighted by Crippen LogP contribution is 2.22. The molecule has 0 radical (unpaired) electrons. The van der Waals surface area contributed by atoms with Gasteiger partial charge in [-0.3, -0.25) is 9.78 Å². The van der Waals surface area contributed by atoms with Crippen LogP contribution in [0.2, 0.25) is 0 Å². The molecule has 32 heavy (non-hydrogen) atoms. The van der Waals surface area contributed by atoms with Crippen LogP contribution in [-0.2, 0) is 24.3 Å². The molecule has 2 aromatic carbocycles. The van der Waals surface area contributed by atoms with Gasteiger partial charge in [0.1, 0.15) is 0 Å². The zero-order valence-corrected chi connectivity index (χ0v) is 18.6. The van der Waals surface area contributed by atoms with Crippen molar-refractivity contribution < 1.29 is 22.7 Å². The summed E-state index contributed by atoms with van der Waals surface area (Å²) < 4.78 is 30.6. The number of amides is 1. The number of benzene rings is 2. The molecule has 1 amide bonds. The Morgan fingerprint density at radius 1 is 1.12 bits per heavy atom. The summed E-state index contributed by atoms with van der Waals surface area (Å²) in [5.74, 6) is -1.32. The van der Waals surface area contributed by atoms with Gasteiger partial charge in [-0.05, 0) is 42.8 Å². The molecule has 0 saturated carbocycles. The summed E-state index contributed by atoms with van der Waals surface area (Å²) >= 11 is 0. The topological polar surface area (TPSA) is 119 Å². The smallest absolute Gasteiger partial charge is 0.331 e. The first-order valence-corrected chi connectivity index (χ1v) is 11.0. The summed E-state index contributed by atoms with van der Waals surface area (Å²) in [6.07, 6.45) is 4.12. The Morgan fingerprint density at radius 2 is 1.84 bits per heavy atom. The summed E-state index contributed by atoms with van der Waals surface area (Å²) in [7, 11) is -0.808. The number of sulfonamides is 1. The van der Waals surface area contributed by atoms with Crippen molar-refractivity contribution in [2.45, 2.75) is 11.8 Å². The average Bonchev–Trinajstić information content (AvgIpc) is 2.77. The number of hydrogen-bond donors (Lipinski definition) is 1. The van der Waals surface area contributed by atoms with Crippen LogP contribution in [0.3, 0.4) is 0 Å². The molecule has 0 bridgehead atoms. The van der Waals surface area contributed by atoms with Gasteiger partial charge in [0.05, 0.1) is 27.8 Å². The molecule has 9 nitrogen and oxygen atoms in total. The Bertz CT molecular complexity index is 1300. The van der Waals surface area contributed by atoms with E-state index in [-0.39, 0.29) is 4.90 Å². The van der Waals surface area contributed by atoms with Crippen molar-refractivity contribution in [2.24, 2.45) is 0 Å². The number of ether oxygens (including phenoxy) is 1. The number of nitrogens with zero attached hydrogens (tertiary/aromatic N) is 3. The summed E-state index contributed by atoms with van der Waals surface area (Å²) in [5.41, 5.74) is 2.88.